The van der Waals surface area contributed by atoms with Crippen LogP contribution in [0.4, 0.5) is 0 Å². The molecule has 0 spiro atoms. The van der Waals surface area contributed by atoms with E-state index in [-0.39, 0.29) is 5.69 Å². The summed E-state index contributed by atoms with van der Waals surface area (Å²) in [5.41, 5.74) is 0.0495. The molecular formula is C13H15NO7S. The standard InChI is InChI=1S/C13H15NO7S/c15-5-7(16)8(17)9(18)10(19)11(20)12(21)13(22)6-3-1-2-4-14-6/h1-4,7-10,15-19H,5H2/t7-,8-,9+,10-/m1/s1. The number of carbonyl (C=O) groups excluding carboxylic acids is 2. The summed E-state index contributed by atoms with van der Waals surface area (Å²) >= 11 is 4.79. The molecule has 0 saturated heterocycles. The summed E-state index contributed by atoms with van der Waals surface area (Å²) in [5.74, 6) is -2.71. The Morgan fingerprint density at radius 3 is 2.27 bits per heavy atom. The lowest BCUT2D eigenvalue weighted by molar-refractivity contribution is -0.151. The lowest BCUT2D eigenvalue weighted by Gasteiger charge is -2.24. The SMILES string of the molecule is O=C(C(=O)[C@H](O)[C@@H](O)[C@H](O)[C@H](O)CO)C(=S)c1ccccn1. The van der Waals surface area contributed by atoms with Gasteiger partial charge >= 0.3 is 0 Å². The zero-order valence-corrected chi connectivity index (χ0v) is 12.1. The maximum Gasteiger partial charge on any atom is 0.244 e. The summed E-state index contributed by atoms with van der Waals surface area (Å²) in [5, 5.41) is 46.4. The molecule has 0 unspecified atom stereocenters. The Balaban J connectivity index is 2.82. The van der Waals surface area contributed by atoms with Crippen molar-refractivity contribution >= 4 is 28.6 Å². The lowest BCUT2D eigenvalue weighted by Crippen LogP contribution is -2.51. The molecule has 1 heterocycles. The van der Waals surface area contributed by atoms with Gasteiger partial charge < -0.3 is 25.5 Å². The fourth-order valence-electron chi connectivity index (χ4n) is 1.54. The van der Waals surface area contributed by atoms with Crippen molar-refractivity contribution in [1.82, 2.24) is 4.98 Å². The van der Waals surface area contributed by atoms with Crippen LogP contribution in [0.25, 0.3) is 0 Å². The number of ketones is 2. The highest BCUT2D eigenvalue weighted by Crippen LogP contribution is 2.08. The molecule has 22 heavy (non-hydrogen) atoms. The highest BCUT2D eigenvalue weighted by Gasteiger charge is 2.38. The minimum absolute atomic E-state index is 0.0495. The van der Waals surface area contributed by atoms with E-state index in [4.69, 9.17) is 22.4 Å². The Hall–Kier alpha value is -1.62. The van der Waals surface area contributed by atoms with Crippen molar-refractivity contribution < 1.29 is 35.1 Å². The Morgan fingerprint density at radius 1 is 1.14 bits per heavy atom. The number of hydrogen-bond donors (Lipinski definition) is 5. The van der Waals surface area contributed by atoms with Gasteiger partial charge in [0, 0.05) is 6.20 Å². The molecular weight excluding hydrogens is 314 g/mol. The van der Waals surface area contributed by atoms with E-state index in [1.165, 1.54) is 12.3 Å². The number of aliphatic hydroxyl groups excluding tert-OH is 5. The van der Waals surface area contributed by atoms with Crippen molar-refractivity contribution in [2.24, 2.45) is 0 Å². The van der Waals surface area contributed by atoms with Crippen LogP contribution in [0, 0.1) is 0 Å². The van der Waals surface area contributed by atoms with Crippen LogP contribution in [0.1, 0.15) is 5.69 Å². The summed E-state index contributed by atoms with van der Waals surface area (Å²) in [7, 11) is 0. The molecule has 0 amide bonds. The Kier molecular flexibility index (Phi) is 6.81. The molecule has 120 valence electrons. The third-order valence-corrected chi connectivity index (χ3v) is 3.25. The van der Waals surface area contributed by atoms with E-state index in [9.17, 15) is 24.9 Å². The monoisotopic (exact) mass is 329 g/mol. The second kappa shape index (κ2) is 8.13. The van der Waals surface area contributed by atoms with Gasteiger partial charge in [-0.1, -0.05) is 18.3 Å². The summed E-state index contributed by atoms with van der Waals surface area (Å²) in [6.07, 6.45) is -6.91. The first kappa shape index (κ1) is 18.4. The maximum absolute atomic E-state index is 11.9. The fraction of sp³-hybridized carbons (Fsp3) is 0.385. The van der Waals surface area contributed by atoms with Crippen molar-refractivity contribution in [2.75, 3.05) is 6.61 Å². The van der Waals surface area contributed by atoms with Gasteiger partial charge in [0.1, 0.15) is 29.3 Å². The zero-order chi connectivity index (χ0) is 16.9. The number of hydrogen-bond acceptors (Lipinski definition) is 9. The van der Waals surface area contributed by atoms with E-state index in [0.717, 1.165) is 0 Å². The zero-order valence-electron chi connectivity index (χ0n) is 11.2. The van der Waals surface area contributed by atoms with Gasteiger partial charge in [0.15, 0.2) is 0 Å². The van der Waals surface area contributed by atoms with Gasteiger partial charge in [-0.3, -0.25) is 14.6 Å². The molecule has 0 aliphatic heterocycles. The number of aliphatic hydroxyl groups is 5. The smallest absolute Gasteiger partial charge is 0.244 e. The second-order valence-electron chi connectivity index (χ2n) is 4.41. The molecule has 4 atom stereocenters. The van der Waals surface area contributed by atoms with Gasteiger partial charge in [-0.15, -0.1) is 0 Å². The molecule has 1 rings (SSSR count). The molecule has 0 saturated carbocycles. The molecule has 5 N–H and O–H groups in total. The molecule has 0 aromatic carbocycles. The third kappa shape index (κ3) is 4.19. The molecule has 1 aromatic heterocycles. The van der Waals surface area contributed by atoms with Crippen LogP contribution in [-0.2, 0) is 9.59 Å². The molecule has 0 aliphatic rings. The number of Topliss-reactive ketones (excluding diaryl/α,β-unsaturated/α-hetero) is 2. The van der Waals surface area contributed by atoms with Gasteiger partial charge in [0.2, 0.25) is 11.6 Å². The van der Waals surface area contributed by atoms with Gasteiger partial charge in [-0.2, -0.15) is 0 Å². The van der Waals surface area contributed by atoms with E-state index >= 15 is 0 Å². The molecule has 0 bridgehead atoms. The first-order chi connectivity index (χ1) is 10.3. The van der Waals surface area contributed by atoms with Crippen LogP contribution in [0.5, 0.6) is 0 Å². The average Bonchev–Trinajstić information content (AvgIpc) is 2.57. The summed E-state index contributed by atoms with van der Waals surface area (Å²) in [4.78, 5) is 27.0. The molecule has 0 aliphatic carbocycles. The Labute approximate surface area is 130 Å². The predicted octanol–water partition coefficient (Wildman–Crippen LogP) is -2.63. The average molecular weight is 329 g/mol. The van der Waals surface area contributed by atoms with E-state index in [2.05, 4.69) is 4.98 Å². The van der Waals surface area contributed by atoms with Gasteiger partial charge in [0.25, 0.3) is 0 Å². The number of aromatic nitrogens is 1. The maximum atomic E-state index is 11.9. The molecule has 1 aromatic rings. The number of thiocarbonyl (C=S) groups is 1. The van der Waals surface area contributed by atoms with E-state index in [1.54, 1.807) is 12.1 Å². The van der Waals surface area contributed by atoms with Crippen molar-refractivity contribution in [3.8, 4) is 0 Å². The van der Waals surface area contributed by atoms with Crippen molar-refractivity contribution in [3.63, 3.8) is 0 Å². The van der Waals surface area contributed by atoms with E-state index < -0.39 is 47.5 Å². The van der Waals surface area contributed by atoms with Crippen molar-refractivity contribution in [3.05, 3.63) is 30.1 Å². The third-order valence-electron chi connectivity index (χ3n) is 2.85. The summed E-state index contributed by atoms with van der Waals surface area (Å²) in [6.45, 7) is -0.903. The van der Waals surface area contributed by atoms with Crippen LogP contribution < -0.4 is 0 Å². The highest BCUT2D eigenvalue weighted by molar-refractivity contribution is 7.82. The number of nitrogens with zero attached hydrogens (tertiary/aromatic N) is 1. The van der Waals surface area contributed by atoms with Crippen LogP contribution in [0.3, 0.4) is 0 Å². The van der Waals surface area contributed by atoms with Crippen molar-refractivity contribution in [2.45, 2.75) is 24.4 Å². The highest BCUT2D eigenvalue weighted by atomic mass is 32.1. The van der Waals surface area contributed by atoms with Crippen molar-refractivity contribution in [1.29, 1.82) is 0 Å². The van der Waals surface area contributed by atoms with Crippen LogP contribution in [0.2, 0.25) is 0 Å². The Bertz CT molecular complexity index is 551. The van der Waals surface area contributed by atoms with Crippen LogP contribution >= 0.6 is 12.2 Å². The largest absolute Gasteiger partial charge is 0.394 e. The minimum Gasteiger partial charge on any atom is -0.394 e. The number of rotatable bonds is 8. The predicted molar refractivity (Wildman–Crippen MR) is 77.1 cm³/mol. The minimum atomic E-state index is -2.30. The molecule has 9 heteroatoms. The van der Waals surface area contributed by atoms with Crippen LogP contribution in [0.15, 0.2) is 24.4 Å². The van der Waals surface area contributed by atoms with Gasteiger partial charge in [-0.05, 0) is 12.1 Å². The Morgan fingerprint density at radius 2 is 1.77 bits per heavy atom. The van der Waals surface area contributed by atoms with Gasteiger partial charge in [-0.25, -0.2) is 0 Å². The first-order valence-electron chi connectivity index (χ1n) is 6.18. The number of carbonyl (C=O) groups is 2. The quantitative estimate of drug-likeness (QED) is 0.196. The number of pyridine rings is 1. The van der Waals surface area contributed by atoms with Gasteiger partial charge in [0.05, 0.1) is 12.3 Å². The fourth-order valence-corrected chi connectivity index (χ4v) is 1.76. The normalized spacial score (nSPS) is 16.4. The molecule has 0 fully saturated rings. The molecule has 8 nitrogen and oxygen atoms in total. The lowest BCUT2D eigenvalue weighted by atomic mass is 9.97. The summed E-state index contributed by atoms with van der Waals surface area (Å²) < 4.78 is 0. The second-order valence-corrected chi connectivity index (χ2v) is 4.82. The van der Waals surface area contributed by atoms with E-state index in [1.807, 2.05) is 0 Å². The van der Waals surface area contributed by atoms with Crippen LogP contribution in [-0.4, -0.2) is 78.0 Å². The topological polar surface area (TPSA) is 148 Å². The molecule has 0 radical (unpaired) electrons. The first-order valence-corrected chi connectivity index (χ1v) is 6.59. The van der Waals surface area contributed by atoms with E-state index in [0.29, 0.717) is 0 Å². The summed E-state index contributed by atoms with van der Waals surface area (Å²) in [6, 6.07) is 4.50.